The number of hydrogen-bond donors (Lipinski definition) is 5. The van der Waals surface area contributed by atoms with Crippen molar-refractivity contribution in [3.05, 3.63) is 42.0 Å². The molecule has 0 bridgehead atoms. The number of amides is 2. The number of benzene rings is 1. The van der Waals surface area contributed by atoms with Gasteiger partial charge in [0.05, 0.1) is 35.5 Å². The van der Waals surface area contributed by atoms with Crippen molar-refractivity contribution in [2.75, 3.05) is 6.61 Å². The molecular weight excluding hydrogens is 472 g/mol. The van der Waals surface area contributed by atoms with E-state index in [-0.39, 0.29) is 31.3 Å². The van der Waals surface area contributed by atoms with Crippen LogP contribution in [0.25, 0.3) is 6.08 Å². The molecule has 0 aliphatic rings. The summed E-state index contributed by atoms with van der Waals surface area (Å²) >= 11 is 0. The first kappa shape index (κ1) is 32.4. The molecule has 1 rings (SSSR count). The van der Waals surface area contributed by atoms with Crippen LogP contribution in [0.2, 0.25) is 0 Å². The van der Waals surface area contributed by atoms with Gasteiger partial charge in [-0.1, -0.05) is 70.2 Å². The van der Waals surface area contributed by atoms with Gasteiger partial charge in [-0.15, -0.1) is 0 Å². The minimum Gasteiger partial charge on any atom is -0.374 e. The van der Waals surface area contributed by atoms with Gasteiger partial charge in [-0.3, -0.25) is 25.0 Å². The van der Waals surface area contributed by atoms with E-state index in [2.05, 4.69) is 5.43 Å². The number of rotatable bonds is 14. The highest BCUT2D eigenvalue weighted by atomic mass is 16.5. The van der Waals surface area contributed by atoms with Gasteiger partial charge < -0.3 is 10.5 Å². The molecular formula is C28H46N4O5. The summed E-state index contributed by atoms with van der Waals surface area (Å²) in [4.78, 5) is 40.8. The highest BCUT2D eigenvalue weighted by Gasteiger charge is 2.53. The lowest BCUT2D eigenvalue weighted by Crippen LogP contribution is -2.57. The predicted molar refractivity (Wildman–Crippen MR) is 145 cm³/mol. The first-order valence-corrected chi connectivity index (χ1v) is 12.8. The minimum atomic E-state index is -1.55. The second-order valence-corrected chi connectivity index (χ2v) is 11.5. The van der Waals surface area contributed by atoms with E-state index < -0.39 is 46.5 Å². The SMILES string of the molecule is CC(C)C[C@@H](C(=O)NN)[C@H](C(=O)NO)C(C=Cc1ccccc1)(CC(C)C)C(=O)[C@H](N)COC(C)(C)C. The van der Waals surface area contributed by atoms with E-state index >= 15 is 0 Å². The summed E-state index contributed by atoms with van der Waals surface area (Å²) in [5, 5.41) is 9.80. The molecule has 0 aliphatic heterocycles. The highest BCUT2D eigenvalue weighted by Crippen LogP contribution is 2.45. The summed E-state index contributed by atoms with van der Waals surface area (Å²) in [6, 6.07) is 8.22. The zero-order valence-corrected chi connectivity index (χ0v) is 23.3. The largest absolute Gasteiger partial charge is 0.374 e. The summed E-state index contributed by atoms with van der Waals surface area (Å²) in [7, 11) is 0. The maximum absolute atomic E-state index is 14.3. The highest BCUT2D eigenvalue weighted by molar-refractivity contribution is 5.99. The smallest absolute Gasteiger partial charge is 0.248 e. The molecule has 2 amide bonds. The van der Waals surface area contributed by atoms with Crippen molar-refractivity contribution in [2.24, 2.45) is 40.7 Å². The van der Waals surface area contributed by atoms with E-state index in [1.165, 1.54) is 0 Å². The topological polar surface area (TPSA) is 157 Å². The van der Waals surface area contributed by atoms with Crippen LogP contribution in [-0.4, -0.2) is 41.1 Å². The number of carbonyl (C=O) groups excluding carboxylic acids is 3. The van der Waals surface area contributed by atoms with Gasteiger partial charge in [0.15, 0.2) is 5.78 Å². The second kappa shape index (κ2) is 14.4. The average molecular weight is 519 g/mol. The molecule has 0 saturated heterocycles. The van der Waals surface area contributed by atoms with E-state index in [0.29, 0.717) is 0 Å². The van der Waals surface area contributed by atoms with E-state index in [1.807, 2.05) is 78.8 Å². The molecule has 9 nitrogen and oxygen atoms in total. The molecule has 0 fully saturated rings. The van der Waals surface area contributed by atoms with Crippen molar-refractivity contribution in [1.29, 1.82) is 0 Å². The Hall–Kier alpha value is -2.59. The molecule has 7 N–H and O–H groups in total. The third-order valence-corrected chi connectivity index (χ3v) is 6.16. The number of hydroxylamine groups is 1. The number of carbonyl (C=O) groups is 3. The summed E-state index contributed by atoms with van der Waals surface area (Å²) in [6.07, 6.45) is 3.87. The maximum atomic E-state index is 14.3. The lowest BCUT2D eigenvalue weighted by Gasteiger charge is -2.42. The Balaban J connectivity index is 3.92. The van der Waals surface area contributed by atoms with Crippen LogP contribution in [0.1, 0.15) is 66.9 Å². The van der Waals surface area contributed by atoms with Gasteiger partial charge in [0.25, 0.3) is 0 Å². The van der Waals surface area contributed by atoms with Crippen LogP contribution in [-0.2, 0) is 19.1 Å². The zero-order valence-electron chi connectivity index (χ0n) is 23.3. The molecule has 0 saturated carbocycles. The monoisotopic (exact) mass is 518 g/mol. The van der Waals surface area contributed by atoms with Crippen molar-refractivity contribution in [1.82, 2.24) is 10.9 Å². The Kier molecular flexibility index (Phi) is 12.6. The van der Waals surface area contributed by atoms with E-state index in [1.54, 1.807) is 17.6 Å². The molecule has 0 heterocycles. The number of nitrogens with two attached hydrogens (primary N) is 2. The Morgan fingerprint density at radius 1 is 1.03 bits per heavy atom. The van der Waals surface area contributed by atoms with E-state index in [0.717, 1.165) is 5.56 Å². The van der Waals surface area contributed by atoms with Crippen LogP contribution in [0.15, 0.2) is 36.4 Å². The van der Waals surface area contributed by atoms with Gasteiger partial charge in [0.1, 0.15) is 0 Å². The van der Waals surface area contributed by atoms with Crippen molar-refractivity contribution in [2.45, 2.75) is 73.0 Å². The van der Waals surface area contributed by atoms with Crippen molar-refractivity contribution in [3.63, 3.8) is 0 Å². The van der Waals surface area contributed by atoms with E-state index in [9.17, 15) is 19.6 Å². The van der Waals surface area contributed by atoms with Gasteiger partial charge in [-0.2, -0.15) is 0 Å². The van der Waals surface area contributed by atoms with Crippen LogP contribution in [0.4, 0.5) is 0 Å². The Labute approximate surface area is 221 Å². The van der Waals surface area contributed by atoms with Crippen LogP contribution >= 0.6 is 0 Å². The van der Waals surface area contributed by atoms with Gasteiger partial charge in [0.2, 0.25) is 11.8 Å². The quantitative estimate of drug-likeness (QED) is 0.109. The molecule has 0 spiro atoms. The second-order valence-electron chi connectivity index (χ2n) is 11.5. The number of Topliss-reactive ketones (excluding diaryl/α,β-unsaturated/α-hetero) is 1. The van der Waals surface area contributed by atoms with Crippen LogP contribution < -0.4 is 22.5 Å². The van der Waals surface area contributed by atoms with Gasteiger partial charge in [-0.05, 0) is 51.0 Å². The predicted octanol–water partition coefficient (Wildman–Crippen LogP) is 3.22. The first-order chi connectivity index (χ1) is 17.2. The number of allylic oxidation sites excluding steroid dienone is 1. The number of nitrogens with one attached hydrogen (secondary N) is 2. The minimum absolute atomic E-state index is 0.0147. The zero-order chi connectivity index (χ0) is 28.4. The van der Waals surface area contributed by atoms with Gasteiger partial charge >= 0.3 is 0 Å². The normalized spacial score (nSPS) is 16.3. The Bertz CT molecular complexity index is 911. The molecule has 37 heavy (non-hydrogen) atoms. The molecule has 1 aromatic rings. The fourth-order valence-electron chi connectivity index (χ4n) is 4.73. The number of ether oxygens (including phenoxy) is 1. The number of hydrogen-bond acceptors (Lipinski definition) is 7. The lowest BCUT2D eigenvalue weighted by molar-refractivity contribution is -0.152. The lowest BCUT2D eigenvalue weighted by atomic mass is 9.60. The molecule has 4 atom stereocenters. The van der Waals surface area contributed by atoms with Crippen LogP contribution in [0, 0.1) is 29.1 Å². The molecule has 9 heteroatoms. The number of hydrazine groups is 1. The first-order valence-electron chi connectivity index (χ1n) is 12.8. The maximum Gasteiger partial charge on any atom is 0.248 e. The molecule has 208 valence electrons. The van der Waals surface area contributed by atoms with Crippen molar-refractivity contribution in [3.8, 4) is 0 Å². The standard InChI is InChI=1S/C28H46N4O5/c1-18(2)15-21(25(34)31-30)23(26(35)32-36)28(16-19(3)4,14-13-20-11-9-8-10-12-20)24(33)22(29)17-37-27(5,6)7/h8-14,18-19,21-23,36H,15-17,29-30H2,1-7H3,(H,31,34)(H,32,35)/t21-,22-,23-,28?/m1/s1. The molecule has 1 aromatic carbocycles. The molecule has 0 aliphatic carbocycles. The molecule has 0 aromatic heterocycles. The van der Waals surface area contributed by atoms with Gasteiger partial charge in [0, 0.05) is 0 Å². The summed E-state index contributed by atoms with van der Waals surface area (Å²) < 4.78 is 5.82. The third-order valence-electron chi connectivity index (χ3n) is 6.16. The summed E-state index contributed by atoms with van der Waals surface area (Å²) in [5.41, 5.74) is 8.98. The van der Waals surface area contributed by atoms with Crippen molar-refractivity contribution >= 4 is 23.7 Å². The number of ketones is 1. The fourth-order valence-corrected chi connectivity index (χ4v) is 4.73. The van der Waals surface area contributed by atoms with Gasteiger partial charge in [-0.25, -0.2) is 11.3 Å². The fraction of sp³-hybridized carbons (Fsp3) is 0.607. The van der Waals surface area contributed by atoms with E-state index in [4.69, 9.17) is 16.3 Å². The third kappa shape index (κ3) is 9.66. The average Bonchev–Trinajstić information content (AvgIpc) is 2.83. The van der Waals surface area contributed by atoms with Crippen LogP contribution in [0.5, 0.6) is 0 Å². The van der Waals surface area contributed by atoms with Crippen molar-refractivity contribution < 1.29 is 24.3 Å². The Morgan fingerprint density at radius 3 is 2.08 bits per heavy atom. The Morgan fingerprint density at radius 2 is 1.62 bits per heavy atom. The van der Waals surface area contributed by atoms with Crippen LogP contribution in [0.3, 0.4) is 0 Å². The molecule has 0 radical (unpaired) electrons. The molecule has 1 unspecified atom stereocenters. The summed E-state index contributed by atoms with van der Waals surface area (Å²) in [5.74, 6) is 1.22. The summed E-state index contributed by atoms with van der Waals surface area (Å²) in [6.45, 7) is 13.1.